The molecule has 0 bridgehead atoms. The smallest absolute Gasteiger partial charge is 0.255 e. The Morgan fingerprint density at radius 3 is 2.50 bits per heavy atom. The summed E-state index contributed by atoms with van der Waals surface area (Å²) < 4.78 is 19.6. The Morgan fingerprint density at radius 2 is 1.84 bits per heavy atom. The lowest BCUT2D eigenvalue weighted by Crippen LogP contribution is -2.40. The van der Waals surface area contributed by atoms with Crippen molar-refractivity contribution in [3.8, 4) is 0 Å². The van der Waals surface area contributed by atoms with E-state index in [0.29, 0.717) is 31.8 Å². The van der Waals surface area contributed by atoms with Crippen LogP contribution >= 0.6 is 0 Å². The van der Waals surface area contributed by atoms with Crippen molar-refractivity contribution in [3.05, 3.63) is 95.3 Å². The molecule has 1 aliphatic rings. The third kappa shape index (κ3) is 6.78. The first-order chi connectivity index (χ1) is 18.4. The number of carbonyl (C=O) groups is 2. The lowest BCUT2D eigenvalue weighted by atomic mass is 9.94. The third-order valence-electron chi connectivity index (χ3n) is 6.94. The molecule has 0 radical (unpaired) electrons. The van der Waals surface area contributed by atoms with Crippen molar-refractivity contribution in [1.29, 1.82) is 0 Å². The largest absolute Gasteiger partial charge is 0.377 e. The van der Waals surface area contributed by atoms with Crippen LogP contribution in [-0.4, -0.2) is 50.1 Å². The minimum Gasteiger partial charge on any atom is -0.377 e. The quantitative estimate of drug-likeness (QED) is 0.367. The standard InChI is InChI=1S/C31H36FN3O3/c1-4-28(22-10-6-5-7-11-22)31(37)35(21-27-14-9-17-38-27)20-24-19-26(15-16-29(24)34(2)3)33-30(36)23-12-8-13-25(32)18-23/h5-8,10-13,15-16,18-19,27-28H,4,9,14,17,20-21H2,1-3H3,(H,33,36)/t27-,28+/m0/s1. The molecular weight excluding hydrogens is 481 g/mol. The number of carbonyl (C=O) groups excluding carboxylic acids is 2. The first-order valence-corrected chi connectivity index (χ1v) is 13.2. The topological polar surface area (TPSA) is 61.9 Å². The molecule has 7 heteroatoms. The van der Waals surface area contributed by atoms with E-state index in [1.165, 1.54) is 18.2 Å². The third-order valence-corrected chi connectivity index (χ3v) is 6.94. The summed E-state index contributed by atoms with van der Waals surface area (Å²) in [5, 5.41) is 2.88. The maximum atomic E-state index is 14.0. The molecule has 1 N–H and O–H groups in total. The fraction of sp³-hybridized carbons (Fsp3) is 0.355. The molecule has 1 fully saturated rings. The first kappa shape index (κ1) is 27.3. The average Bonchev–Trinajstić information content (AvgIpc) is 3.42. The molecule has 0 spiro atoms. The van der Waals surface area contributed by atoms with Crippen LogP contribution in [0, 0.1) is 5.82 Å². The molecule has 0 saturated carbocycles. The van der Waals surface area contributed by atoms with Gasteiger partial charge in [-0.15, -0.1) is 0 Å². The molecule has 1 aliphatic heterocycles. The zero-order valence-electron chi connectivity index (χ0n) is 22.3. The van der Waals surface area contributed by atoms with Crippen LogP contribution in [0.1, 0.15) is 53.6 Å². The van der Waals surface area contributed by atoms with Crippen molar-refractivity contribution in [3.63, 3.8) is 0 Å². The van der Waals surface area contributed by atoms with Crippen LogP contribution in [0.15, 0.2) is 72.8 Å². The molecule has 0 aromatic heterocycles. The lowest BCUT2D eigenvalue weighted by Gasteiger charge is -2.31. The van der Waals surface area contributed by atoms with Gasteiger partial charge in [-0.25, -0.2) is 4.39 Å². The predicted molar refractivity (Wildman–Crippen MR) is 149 cm³/mol. The van der Waals surface area contributed by atoms with Crippen molar-refractivity contribution in [2.75, 3.05) is 37.5 Å². The second-order valence-corrected chi connectivity index (χ2v) is 9.93. The molecule has 0 unspecified atom stereocenters. The fourth-order valence-electron chi connectivity index (χ4n) is 4.99. The van der Waals surface area contributed by atoms with E-state index in [2.05, 4.69) is 5.32 Å². The number of anilines is 2. The molecule has 200 valence electrons. The van der Waals surface area contributed by atoms with Gasteiger partial charge in [-0.3, -0.25) is 9.59 Å². The zero-order valence-corrected chi connectivity index (χ0v) is 22.3. The number of hydrogen-bond acceptors (Lipinski definition) is 4. The summed E-state index contributed by atoms with van der Waals surface area (Å²) in [6.45, 7) is 3.63. The summed E-state index contributed by atoms with van der Waals surface area (Å²) in [4.78, 5) is 30.6. The van der Waals surface area contributed by atoms with Gasteiger partial charge in [0.2, 0.25) is 5.91 Å². The van der Waals surface area contributed by atoms with Gasteiger partial charge in [0.25, 0.3) is 5.91 Å². The van der Waals surface area contributed by atoms with Crippen LogP contribution in [0.5, 0.6) is 0 Å². The van der Waals surface area contributed by atoms with Crippen molar-refractivity contribution in [1.82, 2.24) is 4.90 Å². The average molecular weight is 518 g/mol. The molecule has 1 saturated heterocycles. The monoisotopic (exact) mass is 517 g/mol. The molecule has 38 heavy (non-hydrogen) atoms. The molecule has 2 amide bonds. The second kappa shape index (κ2) is 12.7. The molecule has 6 nitrogen and oxygen atoms in total. The first-order valence-electron chi connectivity index (χ1n) is 13.2. The van der Waals surface area contributed by atoms with Gasteiger partial charge >= 0.3 is 0 Å². The number of nitrogens with one attached hydrogen (secondary N) is 1. The van der Waals surface area contributed by atoms with Gasteiger partial charge in [-0.1, -0.05) is 43.3 Å². The molecule has 0 aliphatic carbocycles. The van der Waals surface area contributed by atoms with E-state index in [4.69, 9.17) is 4.74 Å². The Bertz CT molecular complexity index is 1240. The highest BCUT2D eigenvalue weighted by Gasteiger charge is 2.29. The van der Waals surface area contributed by atoms with E-state index in [9.17, 15) is 14.0 Å². The maximum absolute atomic E-state index is 14.0. The highest BCUT2D eigenvalue weighted by Crippen LogP contribution is 2.29. The number of ether oxygens (including phenoxy) is 1. The van der Waals surface area contributed by atoms with Crippen molar-refractivity contribution >= 4 is 23.2 Å². The number of amides is 2. The second-order valence-electron chi connectivity index (χ2n) is 9.93. The zero-order chi connectivity index (χ0) is 27.1. The van der Waals surface area contributed by atoms with E-state index in [-0.39, 0.29) is 23.5 Å². The van der Waals surface area contributed by atoms with E-state index in [0.717, 1.165) is 29.7 Å². The van der Waals surface area contributed by atoms with Gasteiger partial charge < -0.3 is 19.9 Å². The van der Waals surface area contributed by atoms with Gasteiger partial charge in [0.1, 0.15) is 5.82 Å². The fourth-order valence-corrected chi connectivity index (χ4v) is 4.99. The Kier molecular flexibility index (Phi) is 9.13. The van der Waals surface area contributed by atoms with Crippen LogP contribution in [0.3, 0.4) is 0 Å². The number of rotatable bonds is 10. The van der Waals surface area contributed by atoms with Crippen molar-refractivity contribution < 1.29 is 18.7 Å². The minimum absolute atomic E-state index is 0.00546. The number of nitrogens with zero attached hydrogens (tertiary/aromatic N) is 2. The Hall–Kier alpha value is -3.71. The summed E-state index contributed by atoms with van der Waals surface area (Å²) in [5.74, 6) is -1.05. The van der Waals surface area contributed by atoms with Crippen molar-refractivity contribution in [2.24, 2.45) is 0 Å². The molecular formula is C31H36FN3O3. The Balaban J connectivity index is 1.63. The Labute approximate surface area is 224 Å². The summed E-state index contributed by atoms with van der Waals surface area (Å²) in [6.07, 6.45) is 2.62. The van der Waals surface area contributed by atoms with E-state index in [1.807, 2.05) is 79.3 Å². The van der Waals surface area contributed by atoms with Gasteiger partial charge in [0, 0.05) is 50.7 Å². The van der Waals surface area contributed by atoms with Crippen LogP contribution in [0.4, 0.5) is 15.8 Å². The normalized spacial score (nSPS) is 15.6. The minimum atomic E-state index is -0.464. The summed E-state index contributed by atoms with van der Waals surface area (Å²) in [7, 11) is 3.91. The van der Waals surface area contributed by atoms with Gasteiger partial charge in [-0.2, -0.15) is 0 Å². The van der Waals surface area contributed by atoms with Crippen LogP contribution < -0.4 is 10.2 Å². The van der Waals surface area contributed by atoms with E-state index >= 15 is 0 Å². The lowest BCUT2D eigenvalue weighted by molar-refractivity contribution is -0.135. The SMILES string of the molecule is CC[C@@H](C(=O)N(Cc1cc(NC(=O)c2cccc(F)c2)ccc1N(C)C)C[C@@H]1CCCO1)c1ccccc1. The number of benzene rings is 3. The highest BCUT2D eigenvalue weighted by molar-refractivity contribution is 6.04. The van der Waals surface area contributed by atoms with Crippen molar-refractivity contribution in [2.45, 2.75) is 44.8 Å². The number of halogens is 1. The molecule has 3 aromatic carbocycles. The Morgan fingerprint density at radius 1 is 1.05 bits per heavy atom. The molecule has 4 rings (SSSR count). The van der Waals surface area contributed by atoms with Crippen LogP contribution in [0.2, 0.25) is 0 Å². The molecule has 3 aromatic rings. The molecule has 1 heterocycles. The molecule has 2 atom stereocenters. The summed E-state index contributed by atoms with van der Waals surface area (Å²) >= 11 is 0. The van der Waals surface area contributed by atoms with Gasteiger partial charge in [-0.05, 0) is 66.8 Å². The maximum Gasteiger partial charge on any atom is 0.255 e. The van der Waals surface area contributed by atoms with Gasteiger partial charge in [0.15, 0.2) is 0 Å². The van der Waals surface area contributed by atoms with E-state index < -0.39 is 11.7 Å². The summed E-state index contributed by atoms with van der Waals surface area (Å²) in [5.41, 5.74) is 3.68. The summed E-state index contributed by atoms with van der Waals surface area (Å²) in [6, 6.07) is 21.1. The highest BCUT2D eigenvalue weighted by atomic mass is 19.1. The van der Waals surface area contributed by atoms with Crippen LogP contribution in [0.25, 0.3) is 0 Å². The predicted octanol–water partition coefficient (Wildman–Crippen LogP) is 5.85. The van der Waals surface area contributed by atoms with Gasteiger partial charge in [0.05, 0.1) is 12.0 Å². The van der Waals surface area contributed by atoms with Crippen LogP contribution in [-0.2, 0) is 16.1 Å². The van der Waals surface area contributed by atoms with E-state index in [1.54, 1.807) is 6.07 Å². The number of hydrogen-bond donors (Lipinski definition) is 1.